The Bertz CT molecular complexity index is 846. The van der Waals surface area contributed by atoms with Crippen LogP contribution in [-0.2, 0) is 4.79 Å². The second-order valence-electron chi connectivity index (χ2n) is 5.16. The molecule has 0 aliphatic carbocycles. The molecule has 2 aromatic rings. The van der Waals surface area contributed by atoms with E-state index in [9.17, 15) is 9.59 Å². The van der Waals surface area contributed by atoms with Crippen molar-refractivity contribution in [2.24, 2.45) is 5.73 Å². The molecule has 2 amide bonds. The monoisotopic (exact) mass is 356 g/mol. The summed E-state index contributed by atoms with van der Waals surface area (Å²) in [5, 5.41) is 2.63. The molecule has 7 heteroatoms. The number of rotatable bonds is 7. The van der Waals surface area contributed by atoms with Crippen molar-refractivity contribution in [1.29, 1.82) is 0 Å². The molecule has 7 nitrogen and oxygen atoms in total. The molecule has 0 unspecified atom stereocenters. The molecule has 0 aliphatic heterocycles. The van der Waals surface area contributed by atoms with Crippen LogP contribution >= 0.6 is 0 Å². The summed E-state index contributed by atoms with van der Waals surface area (Å²) < 4.78 is 15.9. The lowest BCUT2D eigenvalue weighted by Gasteiger charge is -2.14. The van der Waals surface area contributed by atoms with Crippen LogP contribution in [0.4, 0.5) is 5.69 Å². The third-order valence-electron chi connectivity index (χ3n) is 3.60. The van der Waals surface area contributed by atoms with Crippen molar-refractivity contribution in [2.75, 3.05) is 26.6 Å². The number of hydrogen-bond acceptors (Lipinski definition) is 5. The SMILES string of the molecule is COc1ccc(C=CC(=O)Nc2ccccc2C(N)=O)c(OC)c1OC. The van der Waals surface area contributed by atoms with Crippen LogP contribution in [0.2, 0.25) is 0 Å². The van der Waals surface area contributed by atoms with Gasteiger partial charge in [0.25, 0.3) is 5.91 Å². The lowest BCUT2D eigenvalue weighted by molar-refractivity contribution is -0.111. The average Bonchev–Trinajstić information content (AvgIpc) is 2.65. The second kappa shape index (κ2) is 8.57. The molecule has 0 saturated carbocycles. The Morgan fingerprint density at radius 1 is 0.962 bits per heavy atom. The topological polar surface area (TPSA) is 99.9 Å². The maximum absolute atomic E-state index is 12.2. The number of para-hydroxylation sites is 1. The summed E-state index contributed by atoms with van der Waals surface area (Å²) in [6, 6.07) is 9.95. The number of hydrogen-bond donors (Lipinski definition) is 2. The number of ether oxygens (including phenoxy) is 3. The maximum Gasteiger partial charge on any atom is 0.250 e. The Labute approximate surface area is 151 Å². The van der Waals surface area contributed by atoms with Gasteiger partial charge in [0.2, 0.25) is 11.7 Å². The van der Waals surface area contributed by atoms with E-state index in [2.05, 4.69) is 5.32 Å². The Kier molecular flexibility index (Phi) is 6.21. The molecule has 0 saturated heterocycles. The summed E-state index contributed by atoms with van der Waals surface area (Å²) in [5.74, 6) is 0.341. The molecule has 0 spiro atoms. The summed E-state index contributed by atoms with van der Waals surface area (Å²) in [7, 11) is 4.52. The van der Waals surface area contributed by atoms with Crippen LogP contribution in [0, 0.1) is 0 Å². The van der Waals surface area contributed by atoms with E-state index in [4.69, 9.17) is 19.9 Å². The van der Waals surface area contributed by atoms with Crippen molar-refractivity contribution in [3.8, 4) is 17.2 Å². The zero-order chi connectivity index (χ0) is 19.1. The Morgan fingerprint density at radius 3 is 2.27 bits per heavy atom. The standard InChI is InChI=1S/C19H20N2O5/c1-24-15-10-8-12(17(25-2)18(15)26-3)9-11-16(22)21-14-7-5-4-6-13(14)19(20)23/h4-11H,1-3H3,(H2,20,23)(H,21,22). The minimum absolute atomic E-state index is 0.234. The molecule has 3 N–H and O–H groups in total. The van der Waals surface area contributed by atoms with E-state index in [1.165, 1.54) is 27.4 Å². The lowest BCUT2D eigenvalue weighted by Crippen LogP contribution is -2.16. The van der Waals surface area contributed by atoms with Crippen LogP contribution in [0.5, 0.6) is 17.2 Å². The molecule has 0 fully saturated rings. The van der Waals surface area contributed by atoms with Crippen LogP contribution in [0.1, 0.15) is 15.9 Å². The van der Waals surface area contributed by atoms with E-state index >= 15 is 0 Å². The van der Waals surface area contributed by atoms with Gasteiger partial charge in [-0.1, -0.05) is 12.1 Å². The van der Waals surface area contributed by atoms with Gasteiger partial charge in [0.1, 0.15) is 0 Å². The highest BCUT2D eigenvalue weighted by atomic mass is 16.5. The second-order valence-corrected chi connectivity index (χ2v) is 5.16. The Morgan fingerprint density at radius 2 is 1.65 bits per heavy atom. The van der Waals surface area contributed by atoms with Gasteiger partial charge in [0.15, 0.2) is 11.5 Å². The summed E-state index contributed by atoms with van der Waals surface area (Å²) in [5.41, 5.74) is 6.51. The molecule has 2 rings (SSSR count). The first-order chi connectivity index (χ1) is 12.5. The van der Waals surface area contributed by atoms with Gasteiger partial charge in [0, 0.05) is 11.6 Å². The van der Waals surface area contributed by atoms with Crippen molar-refractivity contribution in [1.82, 2.24) is 0 Å². The highest BCUT2D eigenvalue weighted by molar-refractivity contribution is 6.07. The van der Waals surface area contributed by atoms with Gasteiger partial charge in [0.05, 0.1) is 32.6 Å². The Balaban J connectivity index is 2.25. The van der Waals surface area contributed by atoms with Crippen LogP contribution in [0.15, 0.2) is 42.5 Å². The number of nitrogens with two attached hydrogens (primary N) is 1. The normalized spacial score (nSPS) is 10.4. The molecule has 26 heavy (non-hydrogen) atoms. The fraction of sp³-hybridized carbons (Fsp3) is 0.158. The van der Waals surface area contributed by atoms with Crippen molar-refractivity contribution >= 4 is 23.6 Å². The highest BCUT2D eigenvalue weighted by Gasteiger charge is 2.14. The van der Waals surface area contributed by atoms with Crippen LogP contribution in [0.25, 0.3) is 6.08 Å². The van der Waals surface area contributed by atoms with E-state index in [1.807, 2.05) is 0 Å². The fourth-order valence-corrected chi connectivity index (χ4v) is 2.40. The predicted octanol–water partition coefficient (Wildman–Crippen LogP) is 2.46. The van der Waals surface area contributed by atoms with Gasteiger partial charge in [-0.05, 0) is 30.3 Å². The van der Waals surface area contributed by atoms with Gasteiger partial charge in [-0.15, -0.1) is 0 Å². The number of methoxy groups -OCH3 is 3. The van der Waals surface area contributed by atoms with E-state index in [0.717, 1.165) is 0 Å². The summed E-state index contributed by atoms with van der Waals surface area (Å²) in [6.07, 6.45) is 2.89. The number of carbonyl (C=O) groups is 2. The van der Waals surface area contributed by atoms with Gasteiger partial charge in [-0.3, -0.25) is 9.59 Å². The third-order valence-corrected chi connectivity index (χ3v) is 3.60. The molecule has 0 aliphatic rings. The lowest BCUT2D eigenvalue weighted by atomic mass is 10.1. The minimum Gasteiger partial charge on any atom is -0.493 e. The van der Waals surface area contributed by atoms with Crippen molar-refractivity contribution in [2.45, 2.75) is 0 Å². The minimum atomic E-state index is -0.619. The van der Waals surface area contributed by atoms with E-state index in [0.29, 0.717) is 28.5 Å². The zero-order valence-corrected chi connectivity index (χ0v) is 14.7. The summed E-state index contributed by atoms with van der Waals surface area (Å²) in [4.78, 5) is 23.6. The van der Waals surface area contributed by atoms with Crippen molar-refractivity contribution < 1.29 is 23.8 Å². The smallest absolute Gasteiger partial charge is 0.250 e. The zero-order valence-electron chi connectivity index (χ0n) is 14.7. The van der Waals surface area contributed by atoms with Crippen LogP contribution in [0.3, 0.4) is 0 Å². The van der Waals surface area contributed by atoms with Crippen molar-refractivity contribution in [3.05, 3.63) is 53.6 Å². The van der Waals surface area contributed by atoms with Gasteiger partial charge in [-0.2, -0.15) is 0 Å². The number of carbonyl (C=O) groups excluding carboxylic acids is 2. The van der Waals surface area contributed by atoms with E-state index in [1.54, 1.807) is 42.5 Å². The molecule has 0 aromatic heterocycles. The van der Waals surface area contributed by atoms with Gasteiger partial charge < -0.3 is 25.3 Å². The Hall–Kier alpha value is -3.48. The first-order valence-electron chi connectivity index (χ1n) is 7.68. The van der Waals surface area contributed by atoms with E-state index < -0.39 is 11.8 Å². The van der Waals surface area contributed by atoms with Gasteiger partial charge in [-0.25, -0.2) is 0 Å². The first kappa shape index (κ1) is 18.9. The summed E-state index contributed by atoms with van der Waals surface area (Å²) >= 11 is 0. The van der Waals surface area contributed by atoms with E-state index in [-0.39, 0.29) is 5.56 Å². The van der Waals surface area contributed by atoms with Crippen molar-refractivity contribution in [3.63, 3.8) is 0 Å². The average molecular weight is 356 g/mol. The van der Waals surface area contributed by atoms with Gasteiger partial charge >= 0.3 is 0 Å². The van der Waals surface area contributed by atoms with Crippen LogP contribution in [-0.4, -0.2) is 33.1 Å². The number of benzene rings is 2. The highest BCUT2D eigenvalue weighted by Crippen LogP contribution is 2.40. The molecular weight excluding hydrogens is 336 g/mol. The number of primary amides is 1. The summed E-state index contributed by atoms with van der Waals surface area (Å²) in [6.45, 7) is 0. The molecule has 0 radical (unpaired) electrons. The number of nitrogens with one attached hydrogen (secondary N) is 1. The number of amides is 2. The molecule has 0 bridgehead atoms. The number of anilines is 1. The quantitative estimate of drug-likeness (QED) is 0.742. The molecule has 136 valence electrons. The third kappa shape index (κ3) is 4.13. The maximum atomic E-state index is 12.2. The largest absolute Gasteiger partial charge is 0.493 e. The molecule has 2 aromatic carbocycles. The molecular formula is C19H20N2O5. The molecule has 0 heterocycles. The van der Waals surface area contributed by atoms with Crippen LogP contribution < -0.4 is 25.3 Å². The first-order valence-corrected chi connectivity index (χ1v) is 7.68. The fourth-order valence-electron chi connectivity index (χ4n) is 2.40. The predicted molar refractivity (Wildman–Crippen MR) is 98.7 cm³/mol. The molecule has 0 atom stereocenters.